The lowest BCUT2D eigenvalue weighted by atomic mass is 10.7. The SMILES string of the molecule is C[Si](C)(C)C(C(=O)NC(F)(F)F)[Si](C)(C)C. The van der Waals surface area contributed by atoms with Crippen molar-refractivity contribution < 1.29 is 18.0 Å². The highest BCUT2D eigenvalue weighted by atomic mass is 28.4. The van der Waals surface area contributed by atoms with Crippen LogP contribution in [0.15, 0.2) is 0 Å². The largest absolute Gasteiger partial charge is 0.484 e. The smallest absolute Gasteiger partial charge is 0.275 e. The molecule has 96 valence electrons. The molecule has 0 fully saturated rings. The number of carbonyl (C=O) groups excluding carboxylic acids is 1. The van der Waals surface area contributed by atoms with Gasteiger partial charge in [0.25, 0.3) is 0 Å². The topological polar surface area (TPSA) is 29.1 Å². The van der Waals surface area contributed by atoms with Crippen LogP contribution in [0.5, 0.6) is 0 Å². The van der Waals surface area contributed by atoms with Crippen LogP contribution >= 0.6 is 0 Å². The van der Waals surface area contributed by atoms with Gasteiger partial charge in [0.2, 0.25) is 5.91 Å². The summed E-state index contributed by atoms with van der Waals surface area (Å²) in [6.07, 6.45) is -4.62. The maximum atomic E-state index is 12.1. The van der Waals surface area contributed by atoms with E-state index in [0.29, 0.717) is 0 Å². The highest BCUT2D eigenvalue weighted by Crippen LogP contribution is 2.33. The standard InChI is InChI=1S/C9H20F3NOSi2/c1-15(2,3)8(16(4,5)6)7(14)13-9(10,11)12/h8H,1-6H3,(H,13,14). The molecule has 0 aliphatic rings. The van der Waals surface area contributed by atoms with Crippen molar-refractivity contribution in [1.29, 1.82) is 0 Å². The molecule has 1 amide bonds. The van der Waals surface area contributed by atoms with E-state index in [1.807, 2.05) is 39.3 Å². The van der Waals surface area contributed by atoms with Crippen molar-refractivity contribution in [3.8, 4) is 0 Å². The molecule has 16 heavy (non-hydrogen) atoms. The summed E-state index contributed by atoms with van der Waals surface area (Å²) in [6, 6.07) is 0. The molecule has 0 saturated heterocycles. The second-order valence-corrected chi connectivity index (χ2v) is 17.3. The molecule has 0 bridgehead atoms. The average molecular weight is 271 g/mol. The zero-order chi connectivity index (χ0) is 13.4. The minimum atomic E-state index is -4.62. The number of nitrogens with one attached hydrogen (secondary N) is 1. The first-order valence-corrected chi connectivity index (χ1v) is 12.3. The Morgan fingerprint density at radius 3 is 1.50 bits per heavy atom. The highest BCUT2D eigenvalue weighted by Gasteiger charge is 2.45. The van der Waals surface area contributed by atoms with Gasteiger partial charge in [-0.1, -0.05) is 39.3 Å². The zero-order valence-corrected chi connectivity index (χ0v) is 12.6. The lowest BCUT2D eigenvalue weighted by Gasteiger charge is -2.37. The van der Waals surface area contributed by atoms with Gasteiger partial charge in [-0.05, 0) is 0 Å². The van der Waals surface area contributed by atoms with E-state index in [0.717, 1.165) is 5.32 Å². The summed E-state index contributed by atoms with van der Waals surface area (Å²) in [7, 11) is -3.87. The first-order chi connectivity index (χ1) is 6.75. The molecule has 0 unspecified atom stereocenters. The summed E-state index contributed by atoms with van der Waals surface area (Å²) in [4.78, 5) is 11.7. The molecule has 2 nitrogen and oxygen atoms in total. The highest BCUT2D eigenvalue weighted by molar-refractivity contribution is 7.00. The first-order valence-electron chi connectivity index (χ1n) is 5.14. The summed E-state index contributed by atoms with van der Waals surface area (Å²) in [5, 5.41) is 0.734. The maximum absolute atomic E-state index is 12.1. The minimum Gasteiger partial charge on any atom is -0.275 e. The summed E-state index contributed by atoms with van der Waals surface area (Å²) in [6.45, 7) is 11.6. The predicted octanol–water partition coefficient (Wildman–Crippen LogP) is 3.21. The van der Waals surface area contributed by atoms with Crippen molar-refractivity contribution in [3.63, 3.8) is 0 Å². The fourth-order valence-corrected chi connectivity index (χ4v) is 14.4. The normalized spacial score (nSPS) is 14.1. The lowest BCUT2D eigenvalue weighted by molar-refractivity contribution is -0.168. The van der Waals surface area contributed by atoms with E-state index in [1.54, 1.807) is 0 Å². The van der Waals surface area contributed by atoms with Gasteiger partial charge < -0.3 is 0 Å². The van der Waals surface area contributed by atoms with Gasteiger partial charge in [-0.2, -0.15) is 13.2 Å². The van der Waals surface area contributed by atoms with Gasteiger partial charge in [0.05, 0.1) is 16.1 Å². The summed E-state index contributed by atoms with van der Waals surface area (Å²) < 4.78 is 36.4. The first kappa shape index (κ1) is 15.7. The van der Waals surface area contributed by atoms with Gasteiger partial charge in [-0.25, -0.2) is 0 Å². The monoisotopic (exact) mass is 271 g/mol. The molecule has 0 aliphatic carbocycles. The van der Waals surface area contributed by atoms with Crippen LogP contribution in [0.1, 0.15) is 0 Å². The number of alkyl halides is 3. The van der Waals surface area contributed by atoms with Crippen LogP contribution in [0, 0.1) is 0 Å². The van der Waals surface area contributed by atoms with E-state index < -0.39 is 33.5 Å². The third kappa shape index (κ3) is 5.15. The fraction of sp³-hybridized carbons (Fsp3) is 0.889. The van der Waals surface area contributed by atoms with E-state index in [4.69, 9.17) is 0 Å². The Hall–Kier alpha value is -0.306. The van der Waals surface area contributed by atoms with Crippen LogP contribution in [0.3, 0.4) is 0 Å². The van der Waals surface area contributed by atoms with Crippen LogP contribution in [0.4, 0.5) is 13.2 Å². The number of hydrogen-bond acceptors (Lipinski definition) is 1. The van der Waals surface area contributed by atoms with Gasteiger partial charge in [0, 0.05) is 5.16 Å². The summed E-state index contributed by atoms with van der Waals surface area (Å²) in [5.74, 6) is -0.842. The number of rotatable bonds is 3. The van der Waals surface area contributed by atoms with Crippen LogP contribution in [-0.4, -0.2) is 28.4 Å². The molecule has 0 atom stereocenters. The Morgan fingerprint density at radius 2 is 1.31 bits per heavy atom. The molecule has 0 spiro atoms. The zero-order valence-electron chi connectivity index (χ0n) is 10.6. The molecule has 0 radical (unpaired) electrons. The van der Waals surface area contributed by atoms with Crippen LogP contribution in [-0.2, 0) is 4.79 Å². The van der Waals surface area contributed by atoms with Crippen LogP contribution < -0.4 is 5.32 Å². The molecule has 0 rings (SSSR count). The van der Waals surface area contributed by atoms with E-state index in [-0.39, 0.29) is 0 Å². The molecule has 0 saturated carbocycles. The van der Waals surface area contributed by atoms with Crippen molar-refractivity contribution in [2.24, 2.45) is 0 Å². The molecule has 1 N–H and O–H groups in total. The molecule has 0 aromatic carbocycles. The average Bonchev–Trinajstić information content (AvgIpc) is 1.70. The number of hydrogen-bond donors (Lipinski definition) is 1. The van der Waals surface area contributed by atoms with E-state index in [2.05, 4.69) is 0 Å². The number of halogens is 3. The molecule has 0 aliphatic heterocycles. The Labute approximate surface area is 96.6 Å². The lowest BCUT2D eigenvalue weighted by Crippen LogP contribution is -2.54. The second-order valence-electron chi connectivity index (χ2n) is 6.15. The molecule has 0 heterocycles. The quantitative estimate of drug-likeness (QED) is 0.620. The van der Waals surface area contributed by atoms with E-state index in [1.165, 1.54) is 0 Å². The molecule has 0 aromatic heterocycles. The third-order valence-corrected chi connectivity index (χ3v) is 11.4. The Morgan fingerprint density at radius 1 is 1.00 bits per heavy atom. The van der Waals surface area contributed by atoms with Crippen LogP contribution in [0.25, 0.3) is 0 Å². The van der Waals surface area contributed by atoms with E-state index in [9.17, 15) is 18.0 Å². The fourth-order valence-electron chi connectivity index (χ4n) is 2.30. The molecule has 7 heteroatoms. The summed E-state index contributed by atoms with van der Waals surface area (Å²) in [5.41, 5.74) is 0. The maximum Gasteiger partial charge on any atom is 0.484 e. The van der Waals surface area contributed by atoms with Gasteiger partial charge >= 0.3 is 6.30 Å². The third-order valence-electron chi connectivity index (χ3n) is 2.26. The van der Waals surface area contributed by atoms with Gasteiger partial charge in [-0.15, -0.1) is 0 Å². The second kappa shape index (κ2) is 4.52. The van der Waals surface area contributed by atoms with Gasteiger partial charge in [0.1, 0.15) is 0 Å². The number of carbonyl (C=O) groups is 1. The molecular formula is C9H20F3NOSi2. The van der Waals surface area contributed by atoms with Crippen LogP contribution in [0.2, 0.25) is 44.4 Å². The minimum absolute atomic E-state index is 0.429. The van der Waals surface area contributed by atoms with E-state index >= 15 is 0 Å². The number of amides is 1. The van der Waals surface area contributed by atoms with Crippen molar-refractivity contribution in [2.45, 2.75) is 50.7 Å². The predicted molar refractivity (Wildman–Crippen MR) is 64.6 cm³/mol. The Kier molecular flexibility index (Phi) is 4.43. The van der Waals surface area contributed by atoms with Crippen molar-refractivity contribution >= 4 is 22.1 Å². The summed E-state index contributed by atoms with van der Waals surface area (Å²) >= 11 is 0. The van der Waals surface area contributed by atoms with Crippen molar-refractivity contribution in [2.75, 3.05) is 0 Å². The van der Waals surface area contributed by atoms with Crippen molar-refractivity contribution in [1.82, 2.24) is 5.32 Å². The van der Waals surface area contributed by atoms with Gasteiger partial charge in [-0.3, -0.25) is 10.1 Å². The Bertz CT molecular complexity index is 251. The van der Waals surface area contributed by atoms with Crippen molar-refractivity contribution in [3.05, 3.63) is 0 Å². The Balaban J connectivity index is 5.03. The molecular weight excluding hydrogens is 251 g/mol. The van der Waals surface area contributed by atoms with Gasteiger partial charge in [0.15, 0.2) is 0 Å². The molecule has 0 aromatic rings.